The minimum Gasteiger partial charge on any atom is -0.390 e. The zero-order valence-corrected chi connectivity index (χ0v) is 14.5. The second kappa shape index (κ2) is 6.89. The quantitative estimate of drug-likeness (QED) is 0.907. The lowest BCUT2D eigenvalue weighted by atomic mass is 9.87. The van der Waals surface area contributed by atoms with Gasteiger partial charge in [-0.3, -0.25) is 4.90 Å². The van der Waals surface area contributed by atoms with Gasteiger partial charge in [-0.1, -0.05) is 24.6 Å². The van der Waals surface area contributed by atoms with Gasteiger partial charge in [-0.25, -0.2) is 8.42 Å². The van der Waals surface area contributed by atoms with E-state index >= 15 is 0 Å². The topological polar surface area (TPSA) is 60.9 Å². The number of benzene rings is 1. The second-order valence-corrected chi connectivity index (χ2v) is 8.63. The minimum atomic E-state index is -3.56. The van der Waals surface area contributed by atoms with Crippen molar-refractivity contribution >= 4 is 10.0 Å². The fraction of sp³-hybridized carbons (Fsp3) is 0.647. The summed E-state index contributed by atoms with van der Waals surface area (Å²) in [6, 6.07) is 8.22. The first-order chi connectivity index (χ1) is 11.0. The van der Waals surface area contributed by atoms with Gasteiger partial charge in [0.25, 0.3) is 0 Å². The van der Waals surface area contributed by atoms with E-state index in [-0.39, 0.29) is 17.0 Å². The number of hydrogen-bond donors (Lipinski definition) is 1. The van der Waals surface area contributed by atoms with E-state index < -0.39 is 16.1 Å². The molecule has 0 aromatic heterocycles. The van der Waals surface area contributed by atoms with Crippen LogP contribution in [0.25, 0.3) is 0 Å². The van der Waals surface area contributed by atoms with Gasteiger partial charge in [0.1, 0.15) is 0 Å². The summed E-state index contributed by atoms with van der Waals surface area (Å²) in [5, 5.41) is 10.8. The van der Waals surface area contributed by atoms with E-state index in [0.29, 0.717) is 6.42 Å². The molecule has 3 atom stereocenters. The van der Waals surface area contributed by atoms with Crippen molar-refractivity contribution in [3.63, 3.8) is 0 Å². The summed E-state index contributed by atoms with van der Waals surface area (Å²) in [6.07, 6.45) is 4.35. The third-order valence-corrected chi connectivity index (χ3v) is 7.18. The van der Waals surface area contributed by atoms with Gasteiger partial charge in [0, 0.05) is 13.1 Å². The Morgan fingerprint density at radius 1 is 1.09 bits per heavy atom. The molecule has 5 nitrogen and oxygen atoms in total. The smallest absolute Gasteiger partial charge is 0.243 e. The molecule has 3 rings (SSSR count). The third-order valence-electron chi connectivity index (χ3n) is 5.29. The number of aliphatic hydroxyl groups is 1. The minimum absolute atomic E-state index is 0.0877. The van der Waals surface area contributed by atoms with Gasteiger partial charge in [-0.15, -0.1) is 0 Å². The second-order valence-electron chi connectivity index (χ2n) is 6.63. The maximum atomic E-state index is 12.8. The Kier molecular flexibility index (Phi) is 5.06. The van der Waals surface area contributed by atoms with Crippen molar-refractivity contribution in [3.05, 3.63) is 30.3 Å². The molecule has 1 aromatic carbocycles. The standard InChI is InChI=1S/C17H26N2O3S/c1-18(23(21,22)14-8-3-2-4-9-14)15-10-7-11-16(17(15)20)19-12-5-6-13-19/h2-4,8-9,15-17,20H,5-7,10-13H2,1H3/t15-,16-,17-/m1/s1. The molecule has 1 aliphatic heterocycles. The molecule has 0 radical (unpaired) electrons. The van der Waals surface area contributed by atoms with Crippen LogP contribution >= 0.6 is 0 Å². The first-order valence-electron chi connectivity index (χ1n) is 8.47. The first-order valence-corrected chi connectivity index (χ1v) is 9.91. The SMILES string of the molecule is CN([C@@H]1CCC[C@@H](N2CCCC2)[C@@H]1O)S(=O)(=O)c1ccccc1. The normalized spacial score (nSPS) is 30.0. The number of rotatable bonds is 4. The molecule has 2 aliphatic rings. The largest absolute Gasteiger partial charge is 0.390 e. The van der Waals surface area contributed by atoms with Gasteiger partial charge >= 0.3 is 0 Å². The first kappa shape index (κ1) is 16.9. The van der Waals surface area contributed by atoms with Crippen molar-refractivity contribution < 1.29 is 13.5 Å². The van der Waals surface area contributed by atoms with E-state index in [4.69, 9.17) is 0 Å². The van der Waals surface area contributed by atoms with Crippen LogP contribution < -0.4 is 0 Å². The predicted octanol–water partition coefficient (Wildman–Crippen LogP) is 1.68. The van der Waals surface area contributed by atoms with Crippen molar-refractivity contribution in [2.24, 2.45) is 0 Å². The molecule has 1 saturated carbocycles. The zero-order chi connectivity index (χ0) is 16.4. The maximum Gasteiger partial charge on any atom is 0.243 e. The number of hydrogen-bond acceptors (Lipinski definition) is 4. The van der Waals surface area contributed by atoms with Gasteiger partial charge in [-0.05, 0) is 50.9 Å². The summed E-state index contributed by atoms with van der Waals surface area (Å²) < 4.78 is 27.0. The van der Waals surface area contributed by atoms with Crippen LogP contribution in [-0.2, 0) is 10.0 Å². The van der Waals surface area contributed by atoms with E-state index in [2.05, 4.69) is 4.90 Å². The summed E-state index contributed by atoms with van der Waals surface area (Å²) in [5.41, 5.74) is 0. The number of sulfonamides is 1. The molecule has 0 unspecified atom stereocenters. The predicted molar refractivity (Wildman–Crippen MR) is 89.6 cm³/mol. The molecule has 0 amide bonds. The Bertz CT molecular complexity index is 614. The fourth-order valence-corrected chi connectivity index (χ4v) is 5.36. The summed E-state index contributed by atoms with van der Waals surface area (Å²) in [4.78, 5) is 2.62. The van der Waals surface area contributed by atoms with Crippen LogP contribution in [0.4, 0.5) is 0 Å². The Balaban J connectivity index is 1.79. The molecule has 23 heavy (non-hydrogen) atoms. The van der Waals surface area contributed by atoms with Crippen LogP contribution in [0, 0.1) is 0 Å². The molecule has 2 fully saturated rings. The lowest BCUT2D eigenvalue weighted by Gasteiger charge is -2.42. The van der Waals surface area contributed by atoms with E-state index in [9.17, 15) is 13.5 Å². The molecule has 0 bridgehead atoms. The third kappa shape index (κ3) is 3.31. The summed E-state index contributed by atoms with van der Waals surface area (Å²) in [5.74, 6) is 0. The average Bonchev–Trinajstić information content (AvgIpc) is 3.09. The van der Waals surface area contributed by atoms with Crippen LogP contribution in [0.2, 0.25) is 0 Å². The average molecular weight is 338 g/mol. The van der Waals surface area contributed by atoms with Crippen molar-refractivity contribution in [1.29, 1.82) is 0 Å². The van der Waals surface area contributed by atoms with E-state index in [1.165, 1.54) is 17.1 Å². The monoisotopic (exact) mass is 338 g/mol. The summed E-state index contributed by atoms with van der Waals surface area (Å²) >= 11 is 0. The van der Waals surface area contributed by atoms with Gasteiger partial charge in [-0.2, -0.15) is 4.31 Å². The van der Waals surface area contributed by atoms with E-state index in [1.54, 1.807) is 37.4 Å². The van der Waals surface area contributed by atoms with Crippen molar-refractivity contribution in [1.82, 2.24) is 9.21 Å². The van der Waals surface area contributed by atoms with Crippen molar-refractivity contribution in [2.75, 3.05) is 20.1 Å². The van der Waals surface area contributed by atoms with Crippen LogP contribution in [-0.4, -0.2) is 61.1 Å². The molecular weight excluding hydrogens is 312 g/mol. The highest BCUT2D eigenvalue weighted by molar-refractivity contribution is 7.89. The van der Waals surface area contributed by atoms with Gasteiger partial charge < -0.3 is 5.11 Å². The molecule has 1 heterocycles. The maximum absolute atomic E-state index is 12.8. The fourth-order valence-electron chi connectivity index (χ4n) is 3.94. The highest BCUT2D eigenvalue weighted by atomic mass is 32.2. The lowest BCUT2D eigenvalue weighted by molar-refractivity contribution is -0.0104. The molecule has 6 heteroatoms. The van der Waals surface area contributed by atoms with Crippen molar-refractivity contribution in [2.45, 2.75) is 55.2 Å². The Morgan fingerprint density at radius 3 is 2.39 bits per heavy atom. The summed E-state index contributed by atoms with van der Waals surface area (Å²) in [7, 11) is -1.96. The highest BCUT2D eigenvalue weighted by Gasteiger charge is 2.41. The van der Waals surface area contributed by atoms with Gasteiger partial charge in [0.05, 0.1) is 17.0 Å². The van der Waals surface area contributed by atoms with Gasteiger partial charge in [0.2, 0.25) is 10.0 Å². The zero-order valence-electron chi connectivity index (χ0n) is 13.6. The Morgan fingerprint density at radius 2 is 1.74 bits per heavy atom. The van der Waals surface area contributed by atoms with Crippen LogP contribution in [0.15, 0.2) is 35.2 Å². The van der Waals surface area contributed by atoms with E-state index in [0.717, 1.165) is 25.9 Å². The Hall–Kier alpha value is -0.950. The van der Waals surface area contributed by atoms with Crippen LogP contribution in [0.1, 0.15) is 32.1 Å². The number of likely N-dealkylation sites (tertiary alicyclic amines) is 1. The molecule has 1 aromatic rings. The Labute approximate surface area is 139 Å². The number of aliphatic hydroxyl groups excluding tert-OH is 1. The molecule has 128 valence electrons. The highest BCUT2D eigenvalue weighted by Crippen LogP contribution is 2.31. The van der Waals surface area contributed by atoms with Gasteiger partial charge in [0.15, 0.2) is 0 Å². The molecule has 1 aliphatic carbocycles. The van der Waals surface area contributed by atoms with Crippen molar-refractivity contribution in [3.8, 4) is 0 Å². The van der Waals surface area contributed by atoms with Crippen LogP contribution in [0.3, 0.4) is 0 Å². The van der Waals surface area contributed by atoms with E-state index in [1.807, 2.05) is 0 Å². The molecule has 1 saturated heterocycles. The summed E-state index contributed by atoms with van der Waals surface area (Å²) in [6.45, 7) is 2.03. The number of likely N-dealkylation sites (N-methyl/N-ethyl adjacent to an activating group) is 1. The molecule has 0 spiro atoms. The molecular formula is C17H26N2O3S. The number of nitrogens with zero attached hydrogens (tertiary/aromatic N) is 2. The van der Waals surface area contributed by atoms with Crippen LogP contribution in [0.5, 0.6) is 0 Å². The lowest BCUT2D eigenvalue weighted by Crippen LogP contribution is -2.56. The molecule has 1 N–H and O–H groups in total.